The summed E-state index contributed by atoms with van der Waals surface area (Å²) >= 11 is 0. The van der Waals surface area contributed by atoms with Crippen LogP contribution in [0.15, 0.2) is 54.6 Å². The summed E-state index contributed by atoms with van der Waals surface area (Å²) in [5.74, 6) is 3.31. The van der Waals surface area contributed by atoms with Crippen LogP contribution in [-0.2, 0) is 5.54 Å². The van der Waals surface area contributed by atoms with Crippen molar-refractivity contribution < 1.29 is 13.3 Å². The van der Waals surface area contributed by atoms with E-state index in [1.807, 2.05) is 42.5 Å². The van der Waals surface area contributed by atoms with E-state index in [4.69, 9.17) is 14.8 Å². The standard InChI is InChI=1S/C39H45FN4OSi/c1-23(2)46(24(3)4,25(5)6)19-16-26-10-8-11-29-36(26)34-22-35(43(7)38(29)45)37-42-32-15-13-28(21-33(32)44(34)37)27-12-14-30(31(40)20-27)39(41)17-9-18-39/h8,10-15,20-21,23-25,34-35H,9,17-18,22,41H2,1-7H3/t34-,35-/m1/s1/i7D3. The van der Waals surface area contributed by atoms with Crippen LogP contribution in [-0.4, -0.2) is 35.4 Å². The highest BCUT2D eigenvalue weighted by Crippen LogP contribution is 2.49. The zero-order valence-corrected chi connectivity index (χ0v) is 28.6. The molecule has 2 aliphatic heterocycles. The maximum atomic E-state index is 15.5. The summed E-state index contributed by atoms with van der Waals surface area (Å²) < 4.78 is 42.9. The molecule has 0 unspecified atom stereocenters. The average Bonchev–Trinajstić information content (AvgIpc) is 3.51. The molecule has 1 amide bonds. The van der Waals surface area contributed by atoms with Gasteiger partial charge in [-0.2, -0.15) is 0 Å². The molecular formula is C39H45FN4OSi. The zero-order valence-electron chi connectivity index (χ0n) is 30.6. The van der Waals surface area contributed by atoms with E-state index in [2.05, 4.69) is 57.6 Å². The summed E-state index contributed by atoms with van der Waals surface area (Å²) in [6.07, 6.45) is 2.93. The number of amides is 1. The molecule has 1 saturated carbocycles. The lowest BCUT2D eigenvalue weighted by Gasteiger charge is -2.38. The van der Waals surface area contributed by atoms with Crippen LogP contribution in [0.2, 0.25) is 16.6 Å². The van der Waals surface area contributed by atoms with E-state index >= 15 is 4.39 Å². The normalized spacial score (nSPS) is 21.3. The van der Waals surface area contributed by atoms with Crippen molar-refractivity contribution in [2.75, 3.05) is 6.98 Å². The lowest BCUT2D eigenvalue weighted by molar-refractivity contribution is 0.0734. The minimum Gasteiger partial charge on any atom is -0.331 e. The molecule has 2 N–H and O–H groups in total. The lowest BCUT2D eigenvalue weighted by Crippen LogP contribution is -2.44. The molecule has 7 heteroatoms. The fourth-order valence-corrected chi connectivity index (χ4v) is 14.0. The second kappa shape index (κ2) is 10.9. The quantitative estimate of drug-likeness (QED) is 0.176. The molecule has 3 aliphatic rings. The van der Waals surface area contributed by atoms with E-state index in [-0.39, 0.29) is 11.9 Å². The molecule has 2 atom stereocenters. The highest BCUT2D eigenvalue weighted by Gasteiger charge is 2.45. The van der Waals surface area contributed by atoms with E-state index in [1.165, 1.54) is 0 Å². The minimum atomic E-state index is -2.68. The summed E-state index contributed by atoms with van der Waals surface area (Å²) in [5.41, 5.74) is 16.5. The summed E-state index contributed by atoms with van der Waals surface area (Å²) in [4.78, 5) is 20.2. The lowest BCUT2D eigenvalue weighted by atomic mass is 9.72. The van der Waals surface area contributed by atoms with Crippen LogP contribution in [0.3, 0.4) is 0 Å². The monoisotopic (exact) mass is 635 g/mol. The molecule has 0 saturated heterocycles. The number of imidazole rings is 1. The summed E-state index contributed by atoms with van der Waals surface area (Å²) in [5, 5.41) is 0. The molecule has 0 radical (unpaired) electrons. The van der Waals surface area contributed by atoms with Crippen molar-refractivity contribution in [3.8, 4) is 22.6 Å². The summed E-state index contributed by atoms with van der Waals surface area (Å²) in [6, 6.07) is 15.5. The number of carbonyl (C=O) groups excluding carboxylic acids is 1. The van der Waals surface area contributed by atoms with Gasteiger partial charge >= 0.3 is 0 Å². The first-order valence-corrected chi connectivity index (χ1v) is 18.9. The Balaban J connectivity index is 1.42. The molecule has 0 spiro atoms. The number of hydrogen-bond donors (Lipinski definition) is 1. The topological polar surface area (TPSA) is 64.2 Å². The van der Waals surface area contributed by atoms with Gasteiger partial charge in [-0.3, -0.25) is 4.79 Å². The number of fused-ring (bicyclic) bond motifs is 9. The van der Waals surface area contributed by atoms with E-state index in [1.54, 1.807) is 12.1 Å². The second-order valence-electron chi connectivity index (χ2n) is 14.6. The van der Waals surface area contributed by atoms with Gasteiger partial charge in [0.1, 0.15) is 19.7 Å². The third-order valence-electron chi connectivity index (χ3n) is 11.3. The largest absolute Gasteiger partial charge is 0.331 e. The molecule has 3 aromatic carbocycles. The first-order valence-electron chi connectivity index (χ1n) is 18.2. The summed E-state index contributed by atoms with van der Waals surface area (Å²) in [7, 11) is -2.12. The second-order valence-corrected chi connectivity index (χ2v) is 20.2. The molecular weight excluding hydrogens is 588 g/mol. The van der Waals surface area contributed by atoms with Gasteiger partial charge in [0, 0.05) is 45.3 Å². The Morgan fingerprint density at radius 1 is 1.00 bits per heavy atom. The van der Waals surface area contributed by atoms with Crippen molar-refractivity contribution >= 4 is 25.0 Å². The molecule has 46 heavy (non-hydrogen) atoms. The van der Waals surface area contributed by atoms with Crippen molar-refractivity contribution in [2.45, 2.75) is 101 Å². The number of halogens is 1. The first kappa shape index (κ1) is 27.4. The van der Waals surface area contributed by atoms with E-state index in [9.17, 15) is 4.79 Å². The Morgan fingerprint density at radius 3 is 2.33 bits per heavy atom. The number of nitrogens with zero attached hydrogens (tertiary/aromatic N) is 3. The van der Waals surface area contributed by atoms with Crippen molar-refractivity contribution in [1.82, 2.24) is 14.5 Å². The maximum absolute atomic E-state index is 15.5. The van der Waals surface area contributed by atoms with Gasteiger partial charge in [-0.25, -0.2) is 9.37 Å². The van der Waals surface area contributed by atoms with Gasteiger partial charge in [0.15, 0.2) is 0 Å². The van der Waals surface area contributed by atoms with Crippen LogP contribution >= 0.6 is 0 Å². The van der Waals surface area contributed by atoms with Gasteiger partial charge in [0.25, 0.3) is 5.91 Å². The van der Waals surface area contributed by atoms with Crippen LogP contribution < -0.4 is 5.73 Å². The van der Waals surface area contributed by atoms with Crippen molar-refractivity contribution in [2.24, 2.45) is 5.73 Å². The highest BCUT2D eigenvalue weighted by atomic mass is 28.3. The van der Waals surface area contributed by atoms with Gasteiger partial charge in [0.2, 0.25) is 0 Å². The molecule has 1 fully saturated rings. The predicted octanol–water partition coefficient (Wildman–Crippen LogP) is 8.87. The van der Waals surface area contributed by atoms with Crippen molar-refractivity contribution in [1.29, 1.82) is 0 Å². The van der Waals surface area contributed by atoms with Crippen LogP contribution in [0, 0.1) is 17.3 Å². The van der Waals surface area contributed by atoms with Crippen molar-refractivity contribution in [3.05, 3.63) is 88.5 Å². The number of carbonyl (C=O) groups is 1. The molecule has 238 valence electrons. The van der Waals surface area contributed by atoms with E-state index in [0.717, 1.165) is 51.9 Å². The Kier molecular flexibility index (Phi) is 6.50. The number of hydrogen-bond acceptors (Lipinski definition) is 3. The first-order chi connectivity index (χ1) is 23.1. The van der Waals surface area contributed by atoms with Gasteiger partial charge < -0.3 is 15.2 Å². The number of rotatable bonds is 5. The van der Waals surface area contributed by atoms with Crippen LogP contribution in [0.5, 0.6) is 0 Å². The predicted molar refractivity (Wildman–Crippen MR) is 187 cm³/mol. The van der Waals surface area contributed by atoms with Crippen LogP contribution in [0.4, 0.5) is 4.39 Å². The Bertz CT molecular complexity index is 2030. The third kappa shape index (κ3) is 4.44. The van der Waals surface area contributed by atoms with Crippen LogP contribution in [0.25, 0.3) is 22.2 Å². The SMILES string of the molecule is [2H]C([2H])([2H])N1C(=O)c2cccc(C#C[Si](C(C)C)(C(C)C)C(C)C)c2[C@H]2C[C@@H]1c1nc3ccc(-c4ccc(C5(N)CCC5)c(F)c4)cc3n12. The average molecular weight is 636 g/mol. The number of nitrogens with two attached hydrogens (primary N) is 1. The van der Waals surface area contributed by atoms with Crippen LogP contribution in [0.1, 0.15) is 116 Å². The van der Waals surface area contributed by atoms with Gasteiger partial charge in [-0.1, -0.05) is 71.7 Å². The number of aromatic nitrogens is 2. The van der Waals surface area contributed by atoms with E-state index < -0.39 is 32.5 Å². The Morgan fingerprint density at radius 2 is 1.70 bits per heavy atom. The molecule has 1 aliphatic carbocycles. The van der Waals surface area contributed by atoms with E-state index in [0.29, 0.717) is 45.5 Å². The molecule has 2 bridgehead atoms. The fraction of sp³-hybridized carbons (Fsp3) is 0.436. The molecule has 1 aromatic heterocycles. The fourth-order valence-electron chi connectivity index (χ4n) is 8.77. The molecule has 5 nitrogen and oxygen atoms in total. The highest BCUT2D eigenvalue weighted by molar-refractivity contribution is 6.90. The van der Waals surface area contributed by atoms with Crippen molar-refractivity contribution in [3.63, 3.8) is 0 Å². The molecule has 3 heterocycles. The Hall–Kier alpha value is -3.73. The minimum absolute atomic E-state index is 0.307. The third-order valence-corrected chi connectivity index (χ3v) is 17.6. The maximum Gasteiger partial charge on any atom is 0.254 e. The smallest absolute Gasteiger partial charge is 0.254 e. The molecule has 7 rings (SSSR count). The zero-order chi connectivity index (χ0) is 35.2. The summed E-state index contributed by atoms with van der Waals surface area (Å²) in [6.45, 7) is 11.0. The van der Waals surface area contributed by atoms with Gasteiger partial charge in [-0.05, 0) is 77.3 Å². The Labute approximate surface area is 277 Å². The number of benzene rings is 3. The van der Waals surface area contributed by atoms with Gasteiger partial charge in [0.05, 0.1) is 23.1 Å². The van der Waals surface area contributed by atoms with Gasteiger partial charge in [-0.15, -0.1) is 5.54 Å². The molecule has 4 aromatic rings.